The minimum Gasteiger partial charge on any atom is -0.506 e. The Bertz CT molecular complexity index is 1720. The third-order valence-corrected chi connectivity index (χ3v) is 6.82. The first-order valence-corrected chi connectivity index (χ1v) is 11.5. The van der Waals surface area contributed by atoms with Crippen molar-refractivity contribution < 1.29 is 49.2 Å². The predicted octanol–water partition coefficient (Wildman–Crippen LogP) is 3.25. The third kappa shape index (κ3) is 3.19. The topological polar surface area (TPSA) is 190 Å². The normalized spacial score (nSPS) is 14.2. The maximum absolute atomic E-state index is 13.5. The smallest absolute Gasteiger partial charge is 0.335 e. The van der Waals surface area contributed by atoms with Gasteiger partial charge in [-0.15, -0.1) is 0 Å². The first kappa shape index (κ1) is 24.3. The van der Waals surface area contributed by atoms with Crippen molar-refractivity contribution in [2.24, 2.45) is 0 Å². The van der Waals surface area contributed by atoms with E-state index in [4.69, 9.17) is 0 Å². The lowest BCUT2D eigenvalue weighted by atomic mass is 9.85. The minimum absolute atomic E-state index is 0.0139. The van der Waals surface area contributed by atoms with Gasteiger partial charge in [-0.25, -0.2) is 19.4 Å². The Hall–Kier alpha value is -6.04. The lowest BCUT2D eigenvalue weighted by Crippen LogP contribution is -2.43. The van der Waals surface area contributed by atoms with Crippen LogP contribution in [0.15, 0.2) is 60.7 Å². The number of hydrogen-bond acceptors (Lipinski definition) is 8. The summed E-state index contributed by atoms with van der Waals surface area (Å²) in [6.07, 6.45) is 0. The van der Waals surface area contributed by atoms with Crippen LogP contribution in [-0.2, 0) is 0 Å². The maximum atomic E-state index is 13.5. The second-order valence-electron chi connectivity index (χ2n) is 8.98. The number of imide groups is 2. The summed E-state index contributed by atoms with van der Waals surface area (Å²) in [6.45, 7) is 0. The number of amides is 4. The van der Waals surface area contributed by atoms with Crippen LogP contribution in [0.3, 0.4) is 0 Å². The Balaban J connectivity index is 1.54. The first-order valence-electron chi connectivity index (χ1n) is 11.5. The average molecular weight is 538 g/mol. The van der Waals surface area contributed by atoms with Gasteiger partial charge in [-0.3, -0.25) is 19.2 Å². The van der Waals surface area contributed by atoms with Crippen LogP contribution < -0.4 is 9.80 Å². The summed E-state index contributed by atoms with van der Waals surface area (Å²) in [6, 6.07) is 11.3. The number of phenols is 2. The number of nitrogens with zero attached hydrogens (tertiary/aromatic N) is 2. The molecule has 0 saturated carbocycles. The summed E-state index contributed by atoms with van der Waals surface area (Å²) in [7, 11) is 0. The van der Waals surface area contributed by atoms with Crippen LogP contribution in [0.25, 0.3) is 10.8 Å². The van der Waals surface area contributed by atoms with E-state index < -0.39 is 47.1 Å². The standard InChI is InChI=1S/C28H14N2O10/c31-19-7-1-11(27(37)38)9-17(19)29-23(33)13-3-5-15-22-16(6-4-14(21(13)22)24(29)34)26(36)30(25(15)35)18-10-12(28(39)40)2-8-20(18)32/h1-10,31-32H,(H,37,38)(H,39,40). The van der Waals surface area contributed by atoms with E-state index in [2.05, 4.69) is 0 Å². The van der Waals surface area contributed by atoms with Crippen LogP contribution in [0, 0.1) is 0 Å². The number of rotatable bonds is 4. The third-order valence-electron chi connectivity index (χ3n) is 6.82. The number of anilines is 2. The maximum Gasteiger partial charge on any atom is 0.335 e. The fourth-order valence-corrected chi connectivity index (χ4v) is 4.98. The van der Waals surface area contributed by atoms with E-state index in [0.717, 1.165) is 36.4 Å². The Morgan fingerprint density at radius 1 is 0.500 bits per heavy atom. The molecule has 0 bridgehead atoms. The van der Waals surface area contributed by atoms with E-state index in [1.807, 2.05) is 0 Å². The number of phenolic OH excluding ortho intramolecular Hbond substituents is 2. The van der Waals surface area contributed by atoms with Crippen LogP contribution in [0.4, 0.5) is 11.4 Å². The van der Waals surface area contributed by atoms with Crippen LogP contribution in [0.5, 0.6) is 11.5 Å². The second-order valence-corrected chi connectivity index (χ2v) is 8.98. The van der Waals surface area contributed by atoms with Crippen molar-refractivity contribution in [3.05, 3.63) is 94.0 Å². The van der Waals surface area contributed by atoms with Gasteiger partial charge in [-0.2, -0.15) is 0 Å². The van der Waals surface area contributed by atoms with Gasteiger partial charge < -0.3 is 20.4 Å². The van der Waals surface area contributed by atoms with Gasteiger partial charge in [0.25, 0.3) is 23.6 Å². The highest BCUT2D eigenvalue weighted by Gasteiger charge is 2.42. The monoisotopic (exact) mass is 538 g/mol. The van der Waals surface area contributed by atoms with Crippen molar-refractivity contribution >= 4 is 57.7 Å². The molecule has 196 valence electrons. The molecule has 0 aromatic heterocycles. The molecule has 2 aliphatic rings. The van der Waals surface area contributed by atoms with Gasteiger partial charge >= 0.3 is 11.9 Å². The number of carbonyl (C=O) groups is 6. The van der Waals surface area contributed by atoms with Gasteiger partial charge in [-0.05, 0) is 60.7 Å². The molecule has 0 unspecified atom stereocenters. The van der Waals surface area contributed by atoms with Crippen molar-refractivity contribution in [2.45, 2.75) is 0 Å². The lowest BCUT2D eigenvalue weighted by molar-refractivity contribution is 0.0686. The number of carbonyl (C=O) groups excluding carboxylic acids is 4. The van der Waals surface area contributed by atoms with E-state index in [0.29, 0.717) is 9.80 Å². The quantitative estimate of drug-likeness (QED) is 0.281. The van der Waals surface area contributed by atoms with Crippen molar-refractivity contribution in [2.75, 3.05) is 9.80 Å². The van der Waals surface area contributed by atoms with Gasteiger partial charge in [-0.1, -0.05) is 0 Å². The van der Waals surface area contributed by atoms with Crippen LogP contribution >= 0.6 is 0 Å². The van der Waals surface area contributed by atoms with Crippen LogP contribution in [-0.4, -0.2) is 56.0 Å². The summed E-state index contributed by atoms with van der Waals surface area (Å²) in [5.74, 6) is -7.44. The zero-order valence-electron chi connectivity index (χ0n) is 19.9. The number of aromatic hydroxyl groups is 2. The Labute approximate surface area is 222 Å². The van der Waals surface area contributed by atoms with E-state index in [9.17, 15) is 49.2 Å². The highest BCUT2D eigenvalue weighted by molar-refractivity contribution is 6.42. The molecule has 2 heterocycles. The summed E-state index contributed by atoms with van der Waals surface area (Å²) in [4.78, 5) is 78.4. The van der Waals surface area contributed by atoms with Gasteiger partial charge in [0.15, 0.2) is 0 Å². The van der Waals surface area contributed by atoms with Gasteiger partial charge in [0.1, 0.15) is 11.5 Å². The van der Waals surface area contributed by atoms with Gasteiger partial charge in [0, 0.05) is 33.0 Å². The van der Waals surface area contributed by atoms with E-state index in [-0.39, 0.29) is 55.5 Å². The van der Waals surface area contributed by atoms with Crippen molar-refractivity contribution in [3.63, 3.8) is 0 Å². The minimum atomic E-state index is -1.35. The highest BCUT2D eigenvalue weighted by atomic mass is 16.4. The largest absolute Gasteiger partial charge is 0.506 e. The molecule has 0 fully saturated rings. The summed E-state index contributed by atoms with van der Waals surface area (Å²) in [5, 5.41) is 39.4. The predicted molar refractivity (Wildman–Crippen MR) is 136 cm³/mol. The van der Waals surface area contributed by atoms with E-state index in [1.165, 1.54) is 24.3 Å². The zero-order valence-corrected chi connectivity index (χ0v) is 19.9. The first-order chi connectivity index (χ1) is 19.0. The average Bonchev–Trinajstić information content (AvgIpc) is 2.92. The summed E-state index contributed by atoms with van der Waals surface area (Å²) in [5.41, 5.74) is -1.62. The molecule has 2 aliphatic heterocycles. The van der Waals surface area contributed by atoms with E-state index in [1.54, 1.807) is 0 Å². The SMILES string of the molecule is O=C(O)c1ccc(O)c(N2C(=O)c3ccc4c5c(ccc(c35)C2=O)C(=O)N(c2cc(C(=O)O)ccc2O)C4=O)c1. The summed E-state index contributed by atoms with van der Waals surface area (Å²) >= 11 is 0. The molecular formula is C28H14N2O10. The van der Waals surface area contributed by atoms with Crippen LogP contribution in [0.1, 0.15) is 62.1 Å². The molecule has 12 heteroatoms. The lowest BCUT2D eigenvalue weighted by Gasteiger charge is -2.32. The molecule has 4 N–H and O–H groups in total. The number of hydrogen-bond donors (Lipinski definition) is 4. The van der Waals surface area contributed by atoms with Crippen molar-refractivity contribution in [3.8, 4) is 11.5 Å². The number of aromatic carboxylic acids is 2. The molecule has 12 nitrogen and oxygen atoms in total. The van der Waals surface area contributed by atoms with Crippen LogP contribution in [0.2, 0.25) is 0 Å². The highest BCUT2D eigenvalue weighted by Crippen LogP contribution is 2.42. The molecule has 0 aliphatic carbocycles. The fraction of sp³-hybridized carbons (Fsp3) is 0. The molecule has 4 aromatic carbocycles. The molecule has 0 spiro atoms. The van der Waals surface area contributed by atoms with Gasteiger partial charge in [0.05, 0.1) is 22.5 Å². The van der Waals surface area contributed by atoms with Crippen molar-refractivity contribution in [1.29, 1.82) is 0 Å². The van der Waals surface area contributed by atoms with Gasteiger partial charge in [0.2, 0.25) is 0 Å². The number of carboxylic acids is 2. The molecule has 4 amide bonds. The Kier molecular flexibility index (Phi) is 5.00. The molecular weight excluding hydrogens is 524 g/mol. The molecule has 0 saturated heterocycles. The summed E-state index contributed by atoms with van der Waals surface area (Å²) < 4.78 is 0. The fourth-order valence-electron chi connectivity index (χ4n) is 4.98. The Morgan fingerprint density at radius 3 is 1.07 bits per heavy atom. The molecule has 4 aromatic rings. The second kappa shape index (κ2) is 8.23. The molecule has 6 rings (SSSR count). The molecule has 40 heavy (non-hydrogen) atoms. The zero-order chi connectivity index (χ0) is 28.6. The number of carboxylic acid groups (broad SMARTS) is 2. The Morgan fingerprint density at radius 2 is 0.800 bits per heavy atom. The molecule has 0 radical (unpaired) electrons. The van der Waals surface area contributed by atoms with Crippen molar-refractivity contribution in [1.82, 2.24) is 0 Å². The molecule has 0 atom stereocenters. The number of benzene rings is 4. The van der Waals surface area contributed by atoms with E-state index >= 15 is 0 Å².